The van der Waals surface area contributed by atoms with Crippen LogP contribution in [0.2, 0.25) is 0 Å². The van der Waals surface area contributed by atoms with E-state index < -0.39 is 16.0 Å². The van der Waals surface area contributed by atoms with Crippen molar-refractivity contribution in [3.63, 3.8) is 0 Å². The molecular weight excluding hydrogens is 494 g/mol. The first kappa shape index (κ1) is 25.3. The fourth-order valence-corrected chi connectivity index (χ4v) is 5.45. The zero-order chi connectivity index (χ0) is 25.4. The molecule has 0 saturated heterocycles. The summed E-state index contributed by atoms with van der Waals surface area (Å²) in [4.78, 5) is 13.3. The summed E-state index contributed by atoms with van der Waals surface area (Å²) in [5.41, 5.74) is 1.52. The SMILES string of the molecule is COC(=O)c1cc(SCCc2ccccc2)ccc1NS(=O)(=O)c1ccc(Oc2ccccc2)cc1. The highest BCUT2D eigenvalue weighted by Crippen LogP contribution is 2.29. The molecule has 0 aliphatic rings. The van der Waals surface area contributed by atoms with Crippen LogP contribution in [-0.4, -0.2) is 27.2 Å². The van der Waals surface area contributed by atoms with E-state index in [4.69, 9.17) is 9.47 Å². The number of hydrogen-bond donors (Lipinski definition) is 1. The molecule has 184 valence electrons. The first-order valence-corrected chi connectivity index (χ1v) is 13.7. The van der Waals surface area contributed by atoms with E-state index in [0.29, 0.717) is 11.5 Å². The van der Waals surface area contributed by atoms with Gasteiger partial charge in [-0.2, -0.15) is 0 Å². The van der Waals surface area contributed by atoms with Gasteiger partial charge < -0.3 is 9.47 Å². The summed E-state index contributed by atoms with van der Waals surface area (Å²) in [6, 6.07) is 30.4. The van der Waals surface area contributed by atoms with Crippen LogP contribution in [0, 0.1) is 0 Å². The summed E-state index contributed by atoms with van der Waals surface area (Å²) in [5, 5.41) is 0. The van der Waals surface area contributed by atoms with E-state index in [0.717, 1.165) is 17.1 Å². The maximum absolute atomic E-state index is 13.0. The standard InChI is InChI=1S/C28H25NO5S2/c1-33-28(30)26-20-24(35-19-18-21-8-4-2-5-9-21)14-17-27(26)29-36(31,32)25-15-12-23(13-16-25)34-22-10-6-3-7-11-22/h2-17,20,29H,18-19H2,1H3. The molecule has 4 aromatic rings. The highest BCUT2D eigenvalue weighted by atomic mass is 32.2. The van der Waals surface area contributed by atoms with Crippen LogP contribution in [0.3, 0.4) is 0 Å². The van der Waals surface area contributed by atoms with Crippen molar-refractivity contribution in [2.24, 2.45) is 0 Å². The summed E-state index contributed by atoms with van der Waals surface area (Å²) in [6.45, 7) is 0. The van der Waals surface area contributed by atoms with Crippen molar-refractivity contribution in [3.8, 4) is 11.5 Å². The number of hydrogen-bond acceptors (Lipinski definition) is 6. The second-order valence-corrected chi connectivity index (χ2v) is 10.6. The van der Waals surface area contributed by atoms with E-state index in [1.807, 2.05) is 48.5 Å². The number of thioether (sulfide) groups is 1. The molecular formula is C28H25NO5S2. The lowest BCUT2D eigenvalue weighted by atomic mass is 10.2. The molecule has 8 heteroatoms. The first-order valence-electron chi connectivity index (χ1n) is 11.2. The van der Waals surface area contributed by atoms with E-state index in [2.05, 4.69) is 16.9 Å². The molecule has 6 nitrogen and oxygen atoms in total. The van der Waals surface area contributed by atoms with Gasteiger partial charge in [0.2, 0.25) is 0 Å². The van der Waals surface area contributed by atoms with Gasteiger partial charge in [0.15, 0.2) is 0 Å². The Morgan fingerprint density at radius 1 is 0.833 bits per heavy atom. The second-order valence-electron chi connectivity index (χ2n) is 7.78. The maximum atomic E-state index is 13.0. The third-order valence-electron chi connectivity index (χ3n) is 5.26. The van der Waals surface area contributed by atoms with Gasteiger partial charge in [-0.3, -0.25) is 4.72 Å². The topological polar surface area (TPSA) is 81.7 Å². The third kappa shape index (κ3) is 6.68. The van der Waals surface area contributed by atoms with Gasteiger partial charge in [-0.05, 0) is 66.6 Å². The molecule has 0 spiro atoms. The van der Waals surface area contributed by atoms with Crippen LogP contribution in [0.5, 0.6) is 11.5 Å². The van der Waals surface area contributed by atoms with Crippen molar-refractivity contribution in [2.75, 3.05) is 17.6 Å². The molecule has 0 bridgehead atoms. The van der Waals surface area contributed by atoms with Gasteiger partial charge in [0.25, 0.3) is 10.0 Å². The van der Waals surface area contributed by atoms with E-state index in [-0.39, 0.29) is 16.1 Å². The van der Waals surface area contributed by atoms with Crippen LogP contribution in [0.15, 0.2) is 113 Å². The molecule has 36 heavy (non-hydrogen) atoms. The molecule has 0 aliphatic heterocycles. The predicted molar refractivity (Wildman–Crippen MR) is 142 cm³/mol. The Hall–Kier alpha value is -3.75. The number of carbonyl (C=O) groups excluding carboxylic acids is 1. The van der Waals surface area contributed by atoms with Crippen LogP contribution in [0.4, 0.5) is 5.69 Å². The number of carbonyl (C=O) groups is 1. The number of ether oxygens (including phenoxy) is 2. The first-order chi connectivity index (χ1) is 17.4. The Labute approximate surface area is 215 Å². The number of sulfonamides is 1. The minimum absolute atomic E-state index is 0.0417. The minimum Gasteiger partial charge on any atom is -0.465 e. The van der Waals surface area contributed by atoms with Gasteiger partial charge in [-0.1, -0.05) is 48.5 Å². The lowest BCUT2D eigenvalue weighted by Crippen LogP contribution is -2.16. The lowest BCUT2D eigenvalue weighted by molar-refractivity contribution is 0.0601. The van der Waals surface area contributed by atoms with Crippen molar-refractivity contribution in [2.45, 2.75) is 16.2 Å². The molecule has 0 aromatic heterocycles. The Morgan fingerprint density at radius 2 is 1.47 bits per heavy atom. The summed E-state index contributed by atoms with van der Waals surface area (Å²) in [6.07, 6.45) is 0.872. The number of para-hydroxylation sites is 1. The predicted octanol–water partition coefficient (Wildman–Crippen LogP) is 6.40. The molecule has 4 rings (SSSR count). The molecule has 1 N–H and O–H groups in total. The monoisotopic (exact) mass is 519 g/mol. The molecule has 4 aromatic carbocycles. The molecule has 0 amide bonds. The van der Waals surface area contributed by atoms with Crippen molar-refractivity contribution in [3.05, 3.63) is 114 Å². The van der Waals surface area contributed by atoms with Crippen LogP contribution >= 0.6 is 11.8 Å². The van der Waals surface area contributed by atoms with E-state index in [1.54, 1.807) is 42.1 Å². The largest absolute Gasteiger partial charge is 0.465 e. The molecule has 0 unspecified atom stereocenters. The van der Waals surface area contributed by atoms with Crippen LogP contribution in [0.1, 0.15) is 15.9 Å². The number of benzene rings is 4. The highest BCUT2D eigenvalue weighted by molar-refractivity contribution is 7.99. The molecule has 0 saturated carbocycles. The average Bonchev–Trinajstić information content (AvgIpc) is 2.90. The quantitative estimate of drug-likeness (QED) is 0.193. The Bertz CT molecular complexity index is 1410. The number of aryl methyl sites for hydroxylation is 1. The van der Waals surface area contributed by atoms with Crippen molar-refractivity contribution < 1.29 is 22.7 Å². The zero-order valence-electron chi connectivity index (χ0n) is 19.6. The molecule has 0 aliphatic carbocycles. The smallest absolute Gasteiger partial charge is 0.340 e. The Balaban J connectivity index is 1.47. The van der Waals surface area contributed by atoms with Crippen LogP contribution in [-0.2, 0) is 21.2 Å². The van der Waals surface area contributed by atoms with E-state index in [9.17, 15) is 13.2 Å². The van der Waals surface area contributed by atoms with Crippen molar-refractivity contribution in [1.82, 2.24) is 0 Å². The number of esters is 1. The summed E-state index contributed by atoms with van der Waals surface area (Å²) < 4.78 is 39.2. The molecule has 0 atom stereocenters. The van der Waals surface area contributed by atoms with Crippen LogP contribution in [0.25, 0.3) is 0 Å². The fraction of sp³-hybridized carbons (Fsp3) is 0.107. The summed E-state index contributed by atoms with van der Waals surface area (Å²) >= 11 is 1.58. The van der Waals surface area contributed by atoms with Crippen LogP contribution < -0.4 is 9.46 Å². The number of nitrogens with one attached hydrogen (secondary N) is 1. The summed E-state index contributed by atoms with van der Waals surface area (Å²) in [5.74, 6) is 1.35. The molecule has 0 fully saturated rings. The lowest BCUT2D eigenvalue weighted by Gasteiger charge is -2.13. The fourth-order valence-electron chi connectivity index (χ4n) is 3.43. The zero-order valence-corrected chi connectivity index (χ0v) is 21.2. The van der Waals surface area contributed by atoms with E-state index >= 15 is 0 Å². The number of anilines is 1. The van der Waals surface area contributed by atoms with Gasteiger partial charge >= 0.3 is 5.97 Å². The maximum Gasteiger partial charge on any atom is 0.340 e. The summed E-state index contributed by atoms with van der Waals surface area (Å²) in [7, 11) is -2.69. The second kappa shape index (κ2) is 11.8. The normalized spacial score (nSPS) is 11.0. The van der Waals surface area contributed by atoms with Gasteiger partial charge in [0.1, 0.15) is 11.5 Å². The third-order valence-corrected chi connectivity index (χ3v) is 7.63. The van der Waals surface area contributed by atoms with Gasteiger partial charge in [-0.15, -0.1) is 11.8 Å². The molecule has 0 heterocycles. The van der Waals surface area contributed by atoms with E-state index in [1.165, 1.54) is 24.8 Å². The Kier molecular flexibility index (Phi) is 8.30. The van der Waals surface area contributed by atoms with Crippen molar-refractivity contribution >= 4 is 33.4 Å². The Morgan fingerprint density at radius 3 is 2.14 bits per heavy atom. The molecule has 0 radical (unpaired) electrons. The van der Waals surface area contributed by atoms with Gasteiger partial charge in [-0.25, -0.2) is 13.2 Å². The van der Waals surface area contributed by atoms with Crippen molar-refractivity contribution in [1.29, 1.82) is 0 Å². The van der Waals surface area contributed by atoms with Gasteiger partial charge in [0, 0.05) is 10.6 Å². The number of rotatable bonds is 10. The average molecular weight is 520 g/mol. The highest BCUT2D eigenvalue weighted by Gasteiger charge is 2.20. The number of methoxy groups -OCH3 is 1. The van der Waals surface area contributed by atoms with Gasteiger partial charge in [0.05, 0.1) is 23.3 Å². The minimum atomic E-state index is -3.95.